The highest BCUT2D eigenvalue weighted by Crippen LogP contribution is 2.48. The van der Waals surface area contributed by atoms with Crippen molar-refractivity contribution in [3.8, 4) is 5.69 Å². The Balaban J connectivity index is 1.63. The molecule has 124 valence electrons. The smallest absolute Gasteiger partial charge is 0.253 e. The molecule has 2 aromatic heterocycles. The summed E-state index contributed by atoms with van der Waals surface area (Å²) in [6.45, 7) is 2.03. The number of hydrogen-bond donors (Lipinski definition) is 0. The molecule has 0 radical (unpaired) electrons. The van der Waals surface area contributed by atoms with E-state index < -0.39 is 17.7 Å². The summed E-state index contributed by atoms with van der Waals surface area (Å²) < 4.78 is 45.7. The van der Waals surface area contributed by atoms with Gasteiger partial charge in [0.25, 0.3) is 5.92 Å². The molecule has 0 bridgehead atoms. The van der Waals surface area contributed by atoms with Gasteiger partial charge in [-0.1, -0.05) is 0 Å². The first-order chi connectivity index (χ1) is 10.9. The van der Waals surface area contributed by atoms with Crippen LogP contribution in [0.2, 0.25) is 0 Å². The first-order valence-corrected chi connectivity index (χ1v) is 7.21. The summed E-state index contributed by atoms with van der Waals surface area (Å²) in [6, 6.07) is 1.33. The van der Waals surface area contributed by atoms with Crippen LogP contribution in [0.25, 0.3) is 5.69 Å². The van der Waals surface area contributed by atoms with Crippen molar-refractivity contribution >= 4 is 5.69 Å². The van der Waals surface area contributed by atoms with Gasteiger partial charge < -0.3 is 9.64 Å². The number of halogens is 3. The van der Waals surface area contributed by atoms with Crippen molar-refractivity contribution in [2.24, 2.45) is 5.92 Å². The van der Waals surface area contributed by atoms with Gasteiger partial charge in [0.15, 0.2) is 0 Å². The maximum Gasteiger partial charge on any atom is 0.253 e. The van der Waals surface area contributed by atoms with E-state index in [4.69, 9.17) is 4.74 Å². The van der Waals surface area contributed by atoms with Crippen LogP contribution < -0.4 is 4.90 Å². The van der Waals surface area contributed by atoms with Crippen LogP contribution in [0.3, 0.4) is 0 Å². The lowest BCUT2D eigenvalue weighted by atomic mass is 10.4. The molecule has 0 aliphatic heterocycles. The Bertz CT molecular complexity index is 704. The maximum absolute atomic E-state index is 13.2. The highest BCUT2D eigenvalue weighted by molar-refractivity contribution is 5.49. The molecule has 3 rings (SSSR count). The summed E-state index contributed by atoms with van der Waals surface area (Å²) in [5.41, 5.74) is 2.00. The van der Waals surface area contributed by atoms with Crippen molar-refractivity contribution in [1.29, 1.82) is 0 Å². The molecule has 1 atom stereocenters. The Labute approximate surface area is 131 Å². The number of aromatic nitrogens is 3. The molecular formula is C15H17F3N4O. The Hall–Kier alpha value is -2.09. The molecule has 0 aromatic carbocycles. The van der Waals surface area contributed by atoms with Gasteiger partial charge >= 0.3 is 0 Å². The molecule has 0 saturated heterocycles. The summed E-state index contributed by atoms with van der Waals surface area (Å²) in [5.74, 6) is -3.68. The van der Waals surface area contributed by atoms with Crippen molar-refractivity contribution in [3.05, 3.63) is 36.2 Å². The molecule has 1 aliphatic rings. The number of alkyl halides is 2. The van der Waals surface area contributed by atoms with E-state index >= 15 is 0 Å². The van der Waals surface area contributed by atoms with Crippen LogP contribution in [-0.2, 0) is 4.74 Å². The lowest BCUT2D eigenvalue weighted by Crippen LogP contribution is -2.22. The van der Waals surface area contributed by atoms with E-state index in [1.165, 1.54) is 16.9 Å². The highest BCUT2D eigenvalue weighted by Gasteiger charge is 2.56. The normalized spacial score (nSPS) is 18.9. The molecule has 5 nitrogen and oxygen atoms in total. The SMILES string of the molecule is Cc1nn(-c2cncc(F)c2)cc1N(C)COCC1CC1(F)F. The van der Waals surface area contributed by atoms with Crippen molar-refractivity contribution in [3.63, 3.8) is 0 Å². The van der Waals surface area contributed by atoms with E-state index in [0.29, 0.717) is 5.69 Å². The zero-order chi connectivity index (χ0) is 16.6. The quantitative estimate of drug-likeness (QED) is 0.766. The fourth-order valence-electron chi connectivity index (χ4n) is 2.34. The Kier molecular flexibility index (Phi) is 4.01. The lowest BCUT2D eigenvalue weighted by Gasteiger charge is -2.18. The summed E-state index contributed by atoms with van der Waals surface area (Å²) in [6.07, 6.45) is 4.25. The van der Waals surface area contributed by atoms with Crippen LogP contribution in [0.5, 0.6) is 0 Å². The molecule has 0 N–H and O–H groups in total. The predicted molar refractivity (Wildman–Crippen MR) is 78.3 cm³/mol. The number of anilines is 1. The monoisotopic (exact) mass is 326 g/mol. The molecule has 2 heterocycles. The van der Waals surface area contributed by atoms with Gasteiger partial charge in [0.05, 0.1) is 48.2 Å². The average molecular weight is 326 g/mol. The van der Waals surface area contributed by atoms with E-state index in [1.807, 2.05) is 6.92 Å². The lowest BCUT2D eigenvalue weighted by molar-refractivity contribution is 0.0558. The largest absolute Gasteiger partial charge is 0.361 e. The summed E-state index contributed by atoms with van der Waals surface area (Å²) in [4.78, 5) is 5.56. The zero-order valence-electron chi connectivity index (χ0n) is 12.8. The summed E-state index contributed by atoms with van der Waals surface area (Å²) >= 11 is 0. The fraction of sp³-hybridized carbons (Fsp3) is 0.467. The molecule has 1 saturated carbocycles. The third-order valence-corrected chi connectivity index (χ3v) is 3.80. The Morgan fingerprint density at radius 3 is 2.83 bits per heavy atom. The zero-order valence-corrected chi connectivity index (χ0v) is 12.8. The van der Waals surface area contributed by atoms with Crippen molar-refractivity contribution in [1.82, 2.24) is 14.8 Å². The van der Waals surface area contributed by atoms with E-state index in [1.54, 1.807) is 18.1 Å². The minimum atomic E-state index is -2.57. The first kappa shape index (κ1) is 15.8. The molecule has 0 amide bonds. The number of ether oxygens (including phenoxy) is 1. The van der Waals surface area contributed by atoms with Gasteiger partial charge in [-0.2, -0.15) is 5.10 Å². The van der Waals surface area contributed by atoms with Gasteiger partial charge in [0, 0.05) is 19.5 Å². The number of aryl methyl sites for hydroxylation is 1. The Morgan fingerprint density at radius 2 is 2.17 bits per heavy atom. The number of nitrogens with zero attached hydrogens (tertiary/aromatic N) is 4. The van der Waals surface area contributed by atoms with Gasteiger partial charge in [-0.25, -0.2) is 17.9 Å². The molecule has 2 aromatic rings. The second-order valence-electron chi connectivity index (χ2n) is 5.77. The second kappa shape index (κ2) is 5.84. The standard InChI is InChI=1S/C15H17F3N4O/c1-10-14(21(2)9-23-8-11-4-15(11,17)18)7-22(20-10)13-3-12(16)5-19-6-13/h3,5-7,11H,4,8-9H2,1-2H3. The van der Waals surface area contributed by atoms with E-state index in [0.717, 1.165) is 17.6 Å². The molecular weight excluding hydrogens is 309 g/mol. The van der Waals surface area contributed by atoms with E-state index in [2.05, 4.69) is 10.1 Å². The predicted octanol–water partition coefficient (Wildman–Crippen LogP) is 2.78. The van der Waals surface area contributed by atoms with E-state index in [-0.39, 0.29) is 19.8 Å². The van der Waals surface area contributed by atoms with Gasteiger partial charge in [0.2, 0.25) is 0 Å². The first-order valence-electron chi connectivity index (χ1n) is 7.21. The summed E-state index contributed by atoms with van der Waals surface area (Å²) in [5, 5.41) is 4.31. The van der Waals surface area contributed by atoms with Gasteiger partial charge in [0.1, 0.15) is 12.5 Å². The minimum absolute atomic E-state index is 0.0400. The molecule has 1 fully saturated rings. The summed E-state index contributed by atoms with van der Waals surface area (Å²) in [7, 11) is 1.78. The minimum Gasteiger partial charge on any atom is -0.361 e. The highest BCUT2D eigenvalue weighted by atomic mass is 19.3. The van der Waals surface area contributed by atoms with Crippen LogP contribution in [0.15, 0.2) is 24.7 Å². The number of rotatable bonds is 6. The molecule has 1 unspecified atom stereocenters. The van der Waals surface area contributed by atoms with E-state index in [9.17, 15) is 13.2 Å². The number of pyridine rings is 1. The van der Waals surface area contributed by atoms with Crippen LogP contribution in [0, 0.1) is 18.7 Å². The third-order valence-electron chi connectivity index (χ3n) is 3.80. The van der Waals surface area contributed by atoms with Crippen LogP contribution >= 0.6 is 0 Å². The van der Waals surface area contributed by atoms with Gasteiger partial charge in [-0.15, -0.1) is 0 Å². The van der Waals surface area contributed by atoms with Gasteiger partial charge in [-0.05, 0) is 6.92 Å². The van der Waals surface area contributed by atoms with Crippen molar-refractivity contribution < 1.29 is 17.9 Å². The number of hydrogen-bond acceptors (Lipinski definition) is 4. The topological polar surface area (TPSA) is 43.2 Å². The van der Waals surface area contributed by atoms with Crippen molar-refractivity contribution in [2.45, 2.75) is 19.3 Å². The van der Waals surface area contributed by atoms with Gasteiger partial charge in [-0.3, -0.25) is 4.98 Å². The van der Waals surface area contributed by atoms with Crippen LogP contribution in [-0.4, -0.2) is 41.1 Å². The third kappa shape index (κ3) is 3.47. The molecule has 0 spiro atoms. The van der Waals surface area contributed by atoms with Crippen LogP contribution in [0.4, 0.5) is 18.9 Å². The Morgan fingerprint density at radius 1 is 1.43 bits per heavy atom. The van der Waals surface area contributed by atoms with Crippen LogP contribution in [0.1, 0.15) is 12.1 Å². The molecule has 8 heteroatoms. The molecule has 23 heavy (non-hydrogen) atoms. The fourth-order valence-corrected chi connectivity index (χ4v) is 2.34. The average Bonchev–Trinajstić information content (AvgIpc) is 2.91. The maximum atomic E-state index is 13.2. The molecule has 1 aliphatic carbocycles. The van der Waals surface area contributed by atoms with Crippen molar-refractivity contribution in [2.75, 3.05) is 25.3 Å². The second-order valence-corrected chi connectivity index (χ2v) is 5.77.